The van der Waals surface area contributed by atoms with Gasteiger partial charge >= 0.3 is 5.97 Å². The highest BCUT2D eigenvalue weighted by atomic mass is 16.6. The minimum atomic E-state index is -0.393. The monoisotopic (exact) mass is 445 g/mol. The quantitative estimate of drug-likeness (QED) is 0.562. The van der Waals surface area contributed by atoms with Crippen LogP contribution in [0.5, 0.6) is 0 Å². The summed E-state index contributed by atoms with van der Waals surface area (Å²) in [6.07, 6.45) is 5.95. The number of likely N-dealkylation sites (N-methyl/N-ethyl adjacent to an activating group) is 1. The molecule has 1 unspecified atom stereocenters. The Morgan fingerprint density at radius 1 is 1.12 bits per heavy atom. The standard InChI is InChI=1S/C23H33N3O3.CH2O2/c1-24(2)17-20-16-23(22(28)29-20)10-14-26(15-11-23)21(27)18-6-8-19(9-7-18)25-12-4-3-5-13-25;2-1-3/h6-9,20H,3-5,10-17H2,1-2H3;1H,(H,2,3). The van der Waals surface area contributed by atoms with Crippen molar-refractivity contribution in [2.75, 3.05) is 51.7 Å². The van der Waals surface area contributed by atoms with E-state index in [1.54, 1.807) is 0 Å². The summed E-state index contributed by atoms with van der Waals surface area (Å²) in [6, 6.07) is 8.05. The average Bonchev–Trinajstić information content (AvgIpc) is 3.08. The third-order valence-corrected chi connectivity index (χ3v) is 6.74. The topological polar surface area (TPSA) is 90.4 Å². The fourth-order valence-electron chi connectivity index (χ4n) is 5.04. The number of benzene rings is 1. The van der Waals surface area contributed by atoms with E-state index in [2.05, 4.69) is 21.9 Å². The predicted octanol–water partition coefficient (Wildman–Crippen LogP) is 2.48. The number of esters is 1. The summed E-state index contributed by atoms with van der Waals surface area (Å²) < 4.78 is 5.63. The summed E-state index contributed by atoms with van der Waals surface area (Å²) in [6.45, 7) is 3.96. The molecule has 1 spiro atoms. The molecule has 0 saturated carbocycles. The number of hydrogen-bond acceptors (Lipinski definition) is 6. The van der Waals surface area contributed by atoms with E-state index in [0.717, 1.165) is 31.6 Å². The molecule has 3 aliphatic rings. The van der Waals surface area contributed by atoms with Gasteiger partial charge in [-0.1, -0.05) is 0 Å². The Morgan fingerprint density at radius 3 is 2.28 bits per heavy atom. The van der Waals surface area contributed by atoms with Crippen LogP contribution in [-0.2, 0) is 14.3 Å². The molecule has 1 aromatic carbocycles. The Hall–Kier alpha value is -2.61. The SMILES string of the molecule is CN(C)CC1CC2(CCN(C(=O)c3ccc(N4CCCCC4)cc3)CC2)C(=O)O1.O=CO. The van der Waals surface area contributed by atoms with E-state index < -0.39 is 5.41 Å². The van der Waals surface area contributed by atoms with Gasteiger partial charge in [0.1, 0.15) is 6.10 Å². The second-order valence-electron chi connectivity index (χ2n) is 9.27. The highest BCUT2D eigenvalue weighted by molar-refractivity contribution is 5.95. The van der Waals surface area contributed by atoms with E-state index >= 15 is 0 Å². The predicted molar refractivity (Wildman–Crippen MR) is 122 cm³/mol. The van der Waals surface area contributed by atoms with Gasteiger partial charge in [-0.15, -0.1) is 0 Å². The number of hydrogen-bond donors (Lipinski definition) is 1. The number of likely N-dealkylation sites (tertiary alicyclic amines) is 1. The van der Waals surface area contributed by atoms with Gasteiger partial charge in [-0.25, -0.2) is 0 Å². The van der Waals surface area contributed by atoms with Crippen LogP contribution in [0, 0.1) is 5.41 Å². The molecule has 0 aliphatic carbocycles. The Morgan fingerprint density at radius 2 is 1.72 bits per heavy atom. The molecule has 1 amide bonds. The van der Waals surface area contributed by atoms with Crippen molar-refractivity contribution in [3.05, 3.63) is 29.8 Å². The van der Waals surface area contributed by atoms with Crippen molar-refractivity contribution in [3.63, 3.8) is 0 Å². The van der Waals surface area contributed by atoms with Gasteiger partial charge in [0.15, 0.2) is 0 Å². The van der Waals surface area contributed by atoms with Gasteiger partial charge in [-0.05, 0) is 70.5 Å². The summed E-state index contributed by atoms with van der Waals surface area (Å²) in [5, 5.41) is 6.89. The zero-order valence-corrected chi connectivity index (χ0v) is 19.2. The third-order valence-electron chi connectivity index (χ3n) is 6.74. The Kier molecular flexibility index (Phi) is 8.12. The molecule has 8 nitrogen and oxygen atoms in total. The Balaban J connectivity index is 0.000000913. The van der Waals surface area contributed by atoms with E-state index in [4.69, 9.17) is 14.6 Å². The van der Waals surface area contributed by atoms with Crippen LogP contribution in [-0.4, -0.2) is 86.2 Å². The molecule has 3 fully saturated rings. The van der Waals surface area contributed by atoms with E-state index in [0.29, 0.717) is 25.9 Å². The van der Waals surface area contributed by atoms with Crippen molar-refractivity contribution in [2.24, 2.45) is 5.41 Å². The number of carbonyl (C=O) groups excluding carboxylic acids is 2. The number of amides is 1. The van der Waals surface area contributed by atoms with Crippen LogP contribution >= 0.6 is 0 Å². The molecular formula is C24H35N3O5. The van der Waals surface area contributed by atoms with Crippen LogP contribution in [0.3, 0.4) is 0 Å². The van der Waals surface area contributed by atoms with E-state index in [1.165, 1.54) is 24.9 Å². The maximum atomic E-state index is 13.0. The van der Waals surface area contributed by atoms with Gasteiger partial charge < -0.3 is 24.5 Å². The van der Waals surface area contributed by atoms with Crippen molar-refractivity contribution in [1.82, 2.24) is 9.80 Å². The number of cyclic esters (lactones) is 1. The van der Waals surface area contributed by atoms with E-state index in [9.17, 15) is 9.59 Å². The Bertz CT molecular complexity index is 781. The summed E-state index contributed by atoms with van der Waals surface area (Å²) in [4.78, 5) is 40.2. The van der Waals surface area contributed by atoms with E-state index in [-0.39, 0.29) is 24.5 Å². The first-order chi connectivity index (χ1) is 15.4. The summed E-state index contributed by atoms with van der Waals surface area (Å²) >= 11 is 0. The number of anilines is 1. The zero-order valence-electron chi connectivity index (χ0n) is 19.2. The van der Waals surface area contributed by atoms with Crippen LogP contribution < -0.4 is 4.90 Å². The molecule has 176 valence electrons. The van der Waals surface area contributed by atoms with Crippen molar-refractivity contribution < 1.29 is 24.2 Å². The van der Waals surface area contributed by atoms with Crippen LogP contribution in [0.1, 0.15) is 48.9 Å². The second kappa shape index (κ2) is 10.8. The van der Waals surface area contributed by atoms with Crippen LogP contribution in [0.2, 0.25) is 0 Å². The fraction of sp³-hybridized carbons (Fsp3) is 0.625. The van der Waals surface area contributed by atoms with Crippen LogP contribution in [0.15, 0.2) is 24.3 Å². The van der Waals surface area contributed by atoms with Crippen LogP contribution in [0.4, 0.5) is 5.69 Å². The molecule has 4 rings (SSSR count). The smallest absolute Gasteiger partial charge is 0.312 e. The van der Waals surface area contributed by atoms with E-state index in [1.807, 2.05) is 31.1 Å². The first-order valence-electron chi connectivity index (χ1n) is 11.5. The highest BCUT2D eigenvalue weighted by Crippen LogP contribution is 2.43. The lowest BCUT2D eigenvalue weighted by molar-refractivity contribution is -0.150. The van der Waals surface area contributed by atoms with Crippen molar-refractivity contribution in [1.29, 1.82) is 0 Å². The fourth-order valence-corrected chi connectivity index (χ4v) is 5.04. The minimum absolute atomic E-state index is 0.0258. The second-order valence-corrected chi connectivity index (χ2v) is 9.27. The first-order valence-corrected chi connectivity index (χ1v) is 11.5. The minimum Gasteiger partial charge on any atom is -0.483 e. The van der Waals surface area contributed by atoms with Gasteiger partial charge in [0, 0.05) is 50.4 Å². The molecule has 0 radical (unpaired) electrons. The maximum Gasteiger partial charge on any atom is 0.312 e. The molecule has 0 bridgehead atoms. The summed E-state index contributed by atoms with van der Waals surface area (Å²) in [7, 11) is 3.99. The van der Waals surface area contributed by atoms with Gasteiger partial charge in [0.05, 0.1) is 5.41 Å². The van der Waals surface area contributed by atoms with Gasteiger partial charge in [-0.2, -0.15) is 0 Å². The molecule has 32 heavy (non-hydrogen) atoms. The molecule has 1 aromatic rings. The van der Waals surface area contributed by atoms with Crippen molar-refractivity contribution in [3.8, 4) is 0 Å². The number of carbonyl (C=O) groups is 3. The molecule has 3 saturated heterocycles. The van der Waals surface area contributed by atoms with Gasteiger partial charge in [-0.3, -0.25) is 14.4 Å². The number of ether oxygens (including phenoxy) is 1. The number of nitrogens with zero attached hydrogens (tertiary/aromatic N) is 3. The van der Waals surface area contributed by atoms with Crippen molar-refractivity contribution in [2.45, 2.75) is 44.6 Å². The lowest BCUT2D eigenvalue weighted by atomic mass is 9.76. The third kappa shape index (κ3) is 5.59. The number of rotatable bonds is 4. The summed E-state index contributed by atoms with van der Waals surface area (Å²) in [5.41, 5.74) is 1.55. The summed E-state index contributed by atoms with van der Waals surface area (Å²) in [5.74, 6) is 0.00332. The molecule has 8 heteroatoms. The number of carboxylic acid groups (broad SMARTS) is 1. The molecule has 1 N–H and O–H groups in total. The van der Waals surface area contributed by atoms with Gasteiger partial charge in [0.25, 0.3) is 12.4 Å². The zero-order chi connectivity index (χ0) is 23.1. The lowest BCUT2D eigenvalue weighted by Gasteiger charge is -2.36. The Labute approximate surface area is 190 Å². The largest absolute Gasteiger partial charge is 0.483 e. The first kappa shape index (κ1) is 24.0. The van der Waals surface area contributed by atoms with Gasteiger partial charge in [0.2, 0.25) is 0 Å². The van der Waals surface area contributed by atoms with Crippen molar-refractivity contribution >= 4 is 24.0 Å². The molecule has 3 heterocycles. The highest BCUT2D eigenvalue weighted by Gasteiger charge is 2.50. The average molecular weight is 446 g/mol. The lowest BCUT2D eigenvalue weighted by Crippen LogP contribution is -2.45. The normalized spacial score (nSPS) is 22.3. The molecule has 1 atom stereocenters. The molecular weight excluding hydrogens is 410 g/mol. The maximum absolute atomic E-state index is 13.0. The van der Waals surface area contributed by atoms with Crippen LogP contribution in [0.25, 0.3) is 0 Å². The molecule has 0 aromatic heterocycles. The number of piperidine rings is 2. The molecule has 3 aliphatic heterocycles.